The van der Waals surface area contributed by atoms with Crippen molar-refractivity contribution < 1.29 is 24.3 Å². The number of quaternary nitrogens is 1. The first kappa shape index (κ1) is 21.1. The highest BCUT2D eigenvalue weighted by Crippen LogP contribution is 2.39. The minimum atomic E-state index is -0.621. The van der Waals surface area contributed by atoms with E-state index in [1.807, 2.05) is 5.38 Å². The van der Waals surface area contributed by atoms with Crippen LogP contribution in [0.4, 0.5) is 0 Å². The molecule has 0 radical (unpaired) electrons. The van der Waals surface area contributed by atoms with Gasteiger partial charge in [0.2, 0.25) is 5.78 Å². The van der Waals surface area contributed by atoms with E-state index in [1.54, 1.807) is 41.3 Å². The van der Waals surface area contributed by atoms with Crippen LogP contribution in [0.1, 0.15) is 27.7 Å². The molecule has 1 aromatic heterocycles. The number of thiophene rings is 1. The summed E-state index contributed by atoms with van der Waals surface area (Å²) >= 11 is 7.34. The molecule has 0 saturated carbocycles. The normalized spacial score (nSPS) is 20.2. The molecule has 0 spiro atoms. The first-order valence-electron chi connectivity index (χ1n) is 10.1. The number of ether oxygens (including phenoxy) is 1. The monoisotopic (exact) mass is 447 g/mol. The number of rotatable bonds is 7. The molecule has 6 nitrogen and oxygen atoms in total. The molecular weight excluding hydrogens is 424 g/mol. The third-order valence-corrected chi connectivity index (χ3v) is 6.73. The number of amides is 1. The molecule has 2 aromatic rings. The third-order valence-electron chi connectivity index (χ3n) is 5.61. The van der Waals surface area contributed by atoms with Gasteiger partial charge in [0.05, 0.1) is 36.3 Å². The van der Waals surface area contributed by atoms with Crippen molar-refractivity contribution in [1.29, 1.82) is 0 Å². The van der Waals surface area contributed by atoms with Gasteiger partial charge in [0.1, 0.15) is 13.1 Å². The molecule has 4 rings (SSSR count). The van der Waals surface area contributed by atoms with Crippen molar-refractivity contribution in [1.82, 2.24) is 4.90 Å². The van der Waals surface area contributed by atoms with Crippen LogP contribution in [0, 0.1) is 0 Å². The number of benzene rings is 1. The van der Waals surface area contributed by atoms with Gasteiger partial charge in [0.15, 0.2) is 5.76 Å². The molecule has 2 N–H and O–H groups in total. The van der Waals surface area contributed by atoms with Crippen LogP contribution in [-0.2, 0) is 9.53 Å². The predicted molar refractivity (Wildman–Crippen MR) is 115 cm³/mol. The Morgan fingerprint density at radius 2 is 1.97 bits per heavy atom. The highest BCUT2D eigenvalue weighted by molar-refractivity contribution is 7.12. The smallest absolute Gasteiger partial charge is 0.290 e. The number of morpholine rings is 1. The van der Waals surface area contributed by atoms with Gasteiger partial charge in [0, 0.05) is 18.0 Å². The van der Waals surface area contributed by atoms with E-state index in [4.69, 9.17) is 16.3 Å². The van der Waals surface area contributed by atoms with Gasteiger partial charge in [-0.2, -0.15) is 0 Å². The number of hydrogen-bond donors (Lipinski definition) is 2. The maximum absolute atomic E-state index is 13.2. The zero-order valence-corrected chi connectivity index (χ0v) is 18.0. The zero-order valence-electron chi connectivity index (χ0n) is 16.5. The number of hydrogen-bond acceptors (Lipinski definition) is 5. The number of carbonyl (C=O) groups excluding carboxylic acids is 2. The van der Waals surface area contributed by atoms with Crippen LogP contribution >= 0.6 is 22.9 Å². The minimum Gasteiger partial charge on any atom is -0.503 e. The summed E-state index contributed by atoms with van der Waals surface area (Å²) in [6.07, 6.45) is 0.777. The van der Waals surface area contributed by atoms with Crippen LogP contribution in [0.5, 0.6) is 0 Å². The molecule has 1 amide bonds. The summed E-state index contributed by atoms with van der Waals surface area (Å²) < 4.78 is 5.40. The van der Waals surface area contributed by atoms with Gasteiger partial charge in [-0.3, -0.25) is 9.59 Å². The molecule has 1 aromatic carbocycles. The Labute approximate surface area is 184 Å². The third kappa shape index (κ3) is 4.30. The number of Topliss-reactive ketones (excluding diaryl/α,β-unsaturated/α-hetero) is 1. The van der Waals surface area contributed by atoms with E-state index < -0.39 is 17.7 Å². The molecule has 1 unspecified atom stereocenters. The van der Waals surface area contributed by atoms with Crippen molar-refractivity contribution in [2.24, 2.45) is 0 Å². The van der Waals surface area contributed by atoms with Crippen molar-refractivity contribution >= 4 is 34.6 Å². The van der Waals surface area contributed by atoms with Crippen LogP contribution in [0.2, 0.25) is 5.02 Å². The second kappa shape index (κ2) is 9.31. The summed E-state index contributed by atoms with van der Waals surface area (Å²) in [5, 5.41) is 13.0. The molecule has 1 saturated heterocycles. The number of aliphatic hydroxyl groups is 1. The Kier molecular flexibility index (Phi) is 6.53. The molecule has 0 aliphatic carbocycles. The molecule has 8 heteroatoms. The van der Waals surface area contributed by atoms with Crippen LogP contribution in [0.25, 0.3) is 0 Å². The van der Waals surface area contributed by atoms with Crippen molar-refractivity contribution in [3.8, 4) is 0 Å². The topological polar surface area (TPSA) is 71.3 Å². The summed E-state index contributed by atoms with van der Waals surface area (Å²) in [6, 6.07) is 9.96. The van der Waals surface area contributed by atoms with E-state index in [0.29, 0.717) is 16.4 Å². The standard InChI is InChI=1S/C22H23ClN2O4S/c23-16-6-4-15(5-7-16)19-18(20(26)17-3-1-14-30-17)21(27)22(28)25(19)9-2-8-24-10-12-29-13-11-24/h1,3-7,14,19,27H,2,8-13H2/p+1. The molecule has 3 heterocycles. The number of nitrogens with one attached hydrogen (secondary N) is 1. The summed E-state index contributed by atoms with van der Waals surface area (Å²) in [5.74, 6) is -1.25. The van der Waals surface area contributed by atoms with Gasteiger partial charge >= 0.3 is 0 Å². The fraction of sp³-hybridized carbons (Fsp3) is 0.364. The van der Waals surface area contributed by atoms with Gasteiger partial charge in [-0.1, -0.05) is 29.8 Å². The minimum absolute atomic E-state index is 0.142. The maximum Gasteiger partial charge on any atom is 0.290 e. The predicted octanol–water partition coefficient (Wildman–Crippen LogP) is 2.29. The van der Waals surface area contributed by atoms with Gasteiger partial charge in [-0.25, -0.2) is 0 Å². The van der Waals surface area contributed by atoms with Crippen LogP contribution in [0.3, 0.4) is 0 Å². The Balaban J connectivity index is 1.59. The van der Waals surface area contributed by atoms with E-state index in [-0.39, 0.29) is 11.4 Å². The van der Waals surface area contributed by atoms with Gasteiger partial charge in [0.25, 0.3) is 5.91 Å². The molecule has 0 bridgehead atoms. The van der Waals surface area contributed by atoms with Gasteiger partial charge in [-0.15, -0.1) is 11.3 Å². The van der Waals surface area contributed by atoms with E-state index in [1.165, 1.54) is 16.2 Å². The fourth-order valence-electron chi connectivity index (χ4n) is 4.06. The molecule has 2 aliphatic heterocycles. The van der Waals surface area contributed by atoms with E-state index in [0.717, 1.165) is 44.8 Å². The van der Waals surface area contributed by atoms with E-state index in [9.17, 15) is 14.7 Å². The molecular formula is C22H24ClN2O4S+. The molecule has 2 aliphatic rings. The Morgan fingerprint density at radius 1 is 1.23 bits per heavy atom. The maximum atomic E-state index is 13.2. The second-order valence-electron chi connectivity index (χ2n) is 7.49. The Hall–Kier alpha value is -2.19. The number of halogens is 1. The summed E-state index contributed by atoms with van der Waals surface area (Å²) in [7, 11) is 0. The largest absolute Gasteiger partial charge is 0.503 e. The number of carbonyl (C=O) groups is 2. The van der Waals surface area contributed by atoms with Crippen molar-refractivity contribution in [2.45, 2.75) is 12.5 Å². The van der Waals surface area contributed by atoms with Crippen LogP contribution < -0.4 is 4.90 Å². The summed E-state index contributed by atoms with van der Waals surface area (Å²) in [6.45, 7) is 4.80. The highest BCUT2D eigenvalue weighted by Gasteiger charge is 2.43. The average Bonchev–Trinajstić information content (AvgIpc) is 3.38. The molecule has 1 atom stereocenters. The SMILES string of the molecule is O=C(C1=C(O)C(=O)N(CCC[NH+]2CCOCC2)C1c1ccc(Cl)cc1)c1cccs1. The number of nitrogens with zero attached hydrogens (tertiary/aromatic N) is 1. The highest BCUT2D eigenvalue weighted by atomic mass is 35.5. The lowest BCUT2D eigenvalue weighted by Crippen LogP contribution is -3.14. The van der Waals surface area contributed by atoms with Crippen molar-refractivity contribution in [3.05, 3.63) is 68.6 Å². The lowest BCUT2D eigenvalue weighted by atomic mass is 9.95. The van der Waals surface area contributed by atoms with Crippen molar-refractivity contribution in [3.63, 3.8) is 0 Å². The lowest BCUT2D eigenvalue weighted by molar-refractivity contribution is -0.908. The van der Waals surface area contributed by atoms with Crippen LogP contribution in [0.15, 0.2) is 53.1 Å². The number of aliphatic hydroxyl groups excluding tert-OH is 1. The van der Waals surface area contributed by atoms with Gasteiger partial charge < -0.3 is 19.6 Å². The van der Waals surface area contributed by atoms with E-state index >= 15 is 0 Å². The van der Waals surface area contributed by atoms with Crippen molar-refractivity contribution in [2.75, 3.05) is 39.4 Å². The first-order chi connectivity index (χ1) is 14.6. The van der Waals surface area contributed by atoms with E-state index in [2.05, 4.69) is 0 Å². The Bertz CT molecular complexity index is 937. The lowest BCUT2D eigenvalue weighted by Gasteiger charge is -2.28. The summed E-state index contributed by atoms with van der Waals surface area (Å²) in [5.41, 5.74) is 0.902. The second-order valence-corrected chi connectivity index (χ2v) is 8.87. The molecule has 158 valence electrons. The number of ketones is 1. The quantitative estimate of drug-likeness (QED) is 0.639. The zero-order chi connectivity index (χ0) is 21.1. The summed E-state index contributed by atoms with van der Waals surface area (Å²) in [4.78, 5) is 29.7. The fourth-order valence-corrected chi connectivity index (χ4v) is 4.86. The van der Waals surface area contributed by atoms with Gasteiger partial charge in [-0.05, 0) is 29.1 Å². The van der Waals surface area contributed by atoms with Crippen LogP contribution in [-0.4, -0.2) is 61.1 Å². The molecule has 30 heavy (non-hydrogen) atoms. The first-order valence-corrected chi connectivity index (χ1v) is 11.3. The Morgan fingerprint density at radius 3 is 2.63 bits per heavy atom. The molecule has 1 fully saturated rings. The average molecular weight is 448 g/mol.